The Labute approximate surface area is 120 Å². The highest BCUT2D eigenvalue weighted by Crippen LogP contribution is 2.30. The number of hydrogen-bond donors (Lipinski definition) is 1. The minimum atomic E-state index is 0.394. The molecule has 0 aliphatic carbocycles. The SMILES string of the molecule is CNC(CC1CCOCC1)c1cccc2ncccc12. The van der Waals surface area contributed by atoms with E-state index < -0.39 is 0 Å². The summed E-state index contributed by atoms with van der Waals surface area (Å²) in [5, 5.41) is 4.75. The molecule has 1 fully saturated rings. The van der Waals surface area contributed by atoms with Crippen LogP contribution in [0.3, 0.4) is 0 Å². The fraction of sp³-hybridized carbons (Fsp3) is 0.471. The molecule has 1 aliphatic rings. The van der Waals surface area contributed by atoms with E-state index in [4.69, 9.17) is 4.74 Å². The second-order valence-electron chi connectivity index (χ2n) is 5.55. The van der Waals surface area contributed by atoms with Crippen LogP contribution in [-0.4, -0.2) is 25.2 Å². The fourth-order valence-corrected chi connectivity index (χ4v) is 3.15. The number of pyridine rings is 1. The van der Waals surface area contributed by atoms with E-state index in [0.717, 1.165) is 24.6 Å². The van der Waals surface area contributed by atoms with E-state index >= 15 is 0 Å². The molecule has 1 N–H and O–H groups in total. The van der Waals surface area contributed by atoms with Gasteiger partial charge in [-0.05, 0) is 49.9 Å². The van der Waals surface area contributed by atoms with E-state index in [9.17, 15) is 0 Å². The molecular weight excluding hydrogens is 248 g/mol. The number of rotatable bonds is 4. The molecule has 1 unspecified atom stereocenters. The van der Waals surface area contributed by atoms with Crippen molar-refractivity contribution in [2.45, 2.75) is 25.3 Å². The van der Waals surface area contributed by atoms with Crippen LogP contribution >= 0.6 is 0 Å². The Morgan fingerprint density at radius 3 is 2.90 bits per heavy atom. The van der Waals surface area contributed by atoms with Gasteiger partial charge < -0.3 is 10.1 Å². The number of ether oxygens (including phenoxy) is 1. The maximum absolute atomic E-state index is 5.46. The average molecular weight is 270 g/mol. The van der Waals surface area contributed by atoms with E-state index in [1.165, 1.54) is 30.2 Å². The standard InChI is InChI=1S/C17H22N2O/c1-18-17(12-13-7-10-20-11-8-13)15-4-2-6-16-14(15)5-3-9-19-16/h2-6,9,13,17-18H,7-8,10-12H2,1H3. The molecule has 106 valence electrons. The zero-order valence-corrected chi connectivity index (χ0v) is 12.0. The first kappa shape index (κ1) is 13.5. The molecule has 3 rings (SSSR count). The lowest BCUT2D eigenvalue weighted by Gasteiger charge is -2.27. The number of fused-ring (bicyclic) bond motifs is 1. The van der Waals surface area contributed by atoms with Gasteiger partial charge in [0.2, 0.25) is 0 Å². The van der Waals surface area contributed by atoms with Crippen molar-refractivity contribution in [3.63, 3.8) is 0 Å². The molecule has 0 bridgehead atoms. The summed E-state index contributed by atoms with van der Waals surface area (Å²) in [6, 6.07) is 11.0. The van der Waals surface area contributed by atoms with Crippen molar-refractivity contribution in [3.05, 3.63) is 42.1 Å². The van der Waals surface area contributed by atoms with Crippen LogP contribution < -0.4 is 5.32 Å². The summed E-state index contributed by atoms with van der Waals surface area (Å²) in [6.45, 7) is 1.83. The molecule has 3 nitrogen and oxygen atoms in total. The van der Waals surface area contributed by atoms with Crippen LogP contribution in [0.5, 0.6) is 0 Å². The highest BCUT2D eigenvalue weighted by Gasteiger charge is 2.20. The van der Waals surface area contributed by atoms with Gasteiger partial charge >= 0.3 is 0 Å². The highest BCUT2D eigenvalue weighted by molar-refractivity contribution is 5.82. The van der Waals surface area contributed by atoms with Crippen molar-refractivity contribution >= 4 is 10.9 Å². The molecule has 0 saturated carbocycles. The fourth-order valence-electron chi connectivity index (χ4n) is 3.15. The quantitative estimate of drug-likeness (QED) is 0.925. The first-order valence-corrected chi connectivity index (χ1v) is 7.47. The van der Waals surface area contributed by atoms with Gasteiger partial charge in [0, 0.05) is 30.8 Å². The summed E-state index contributed by atoms with van der Waals surface area (Å²) >= 11 is 0. The lowest BCUT2D eigenvalue weighted by atomic mass is 9.88. The molecule has 0 spiro atoms. The smallest absolute Gasteiger partial charge is 0.0705 e. The first-order valence-electron chi connectivity index (χ1n) is 7.47. The molecule has 1 aliphatic heterocycles. The Morgan fingerprint density at radius 1 is 1.25 bits per heavy atom. The van der Waals surface area contributed by atoms with Crippen molar-refractivity contribution in [2.24, 2.45) is 5.92 Å². The van der Waals surface area contributed by atoms with Crippen molar-refractivity contribution in [2.75, 3.05) is 20.3 Å². The minimum absolute atomic E-state index is 0.394. The minimum Gasteiger partial charge on any atom is -0.381 e. The summed E-state index contributed by atoms with van der Waals surface area (Å²) in [5.41, 5.74) is 2.45. The second-order valence-corrected chi connectivity index (χ2v) is 5.55. The van der Waals surface area contributed by atoms with Crippen molar-refractivity contribution in [1.29, 1.82) is 0 Å². The zero-order valence-electron chi connectivity index (χ0n) is 12.0. The van der Waals surface area contributed by atoms with Crippen LogP contribution in [0.2, 0.25) is 0 Å². The van der Waals surface area contributed by atoms with Crippen LogP contribution in [-0.2, 0) is 4.74 Å². The molecule has 0 amide bonds. The first-order chi connectivity index (χ1) is 9.88. The third-order valence-corrected chi connectivity index (χ3v) is 4.31. The number of benzene rings is 1. The number of hydrogen-bond acceptors (Lipinski definition) is 3. The third kappa shape index (κ3) is 2.84. The van der Waals surface area contributed by atoms with Gasteiger partial charge in [0.05, 0.1) is 5.52 Å². The van der Waals surface area contributed by atoms with E-state index in [2.05, 4.69) is 41.6 Å². The number of nitrogens with zero attached hydrogens (tertiary/aromatic N) is 1. The maximum Gasteiger partial charge on any atom is 0.0705 e. The molecule has 1 atom stereocenters. The predicted molar refractivity (Wildman–Crippen MR) is 81.7 cm³/mol. The Balaban J connectivity index is 1.86. The largest absolute Gasteiger partial charge is 0.381 e. The molecule has 0 radical (unpaired) electrons. The van der Waals surface area contributed by atoms with Gasteiger partial charge in [-0.2, -0.15) is 0 Å². The molecule has 1 saturated heterocycles. The van der Waals surface area contributed by atoms with Crippen LogP contribution in [0.1, 0.15) is 30.9 Å². The molecule has 2 aromatic rings. The lowest BCUT2D eigenvalue weighted by Crippen LogP contribution is -2.24. The summed E-state index contributed by atoms with van der Waals surface area (Å²) in [4.78, 5) is 4.46. The van der Waals surface area contributed by atoms with Gasteiger partial charge in [0.1, 0.15) is 0 Å². The highest BCUT2D eigenvalue weighted by atomic mass is 16.5. The predicted octanol–water partition coefficient (Wildman–Crippen LogP) is 3.31. The van der Waals surface area contributed by atoms with Crippen LogP contribution in [0, 0.1) is 5.92 Å². The molecule has 1 aromatic heterocycles. The number of nitrogens with one attached hydrogen (secondary N) is 1. The van der Waals surface area contributed by atoms with Gasteiger partial charge in [-0.15, -0.1) is 0 Å². The molecule has 1 aromatic carbocycles. The normalized spacial score (nSPS) is 18.2. The number of aromatic nitrogens is 1. The monoisotopic (exact) mass is 270 g/mol. The van der Waals surface area contributed by atoms with Crippen LogP contribution in [0.4, 0.5) is 0 Å². The van der Waals surface area contributed by atoms with E-state index in [-0.39, 0.29) is 0 Å². The second kappa shape index (κ2) is 6.33. The molecule has 20 heavy (non-hydrogen) atoms. The maximum atomic E-state index is 5.46. The Bertz CT molecular complexity index is 558. The van der Waals surface area contributed by atoms with Crippen molar-refractivity contribution in [1.82, 2.24) is 10.3 Å². The average Bonchev–Trinajstić information content (AvgIpc) is 2.53. The summed E-state index contributed by atoms with van der Waals surface area (Å²) in [7, 11) is 2.05. The molecule has 2 heterocycles. The molecule has 3 heteroatoms. The summed E-state index contributed by atoms with van der Waals surface area (Å²) < 4.78 is 5.46. The van der Waals surface area contributed by atoms with Gasteiger partial charge in [-0.1, -0.05) is 18.2 Å². The third-order valence-electron chi connectivity index (χ3n) is 4.31. The Hall–Kier alpha value is -1.45. The van der Waals surface area contributed by atoms with Gasteiger partial charge in [-0.25, -0.2) is 0 Å². The van der Waals surface area contributed by atoms with E-state index in [0.29, 0.717) is 6.04 Å². The van der Waals surface area contributed by atoms with Gasteiger partial charge in [0.25, 0.3) is 0 Å². The van der Waals surface area contributed by atoms with Gasteiger partial charge in [-0.3, -0.25) is 4.98 Å². The molecular formula is C17H22N2O. The Morgan fingerprint density at radius 2 is 2.10 bits per heavy atom. The topological polar surface area (TPSA) is 34.1 Å². The van der Waals surface area contributed by atoms with Crippen LogP contribution in [0.25, 0.3) is 10.9 Å². The van der Waals surface area contributed by atoms with E-state index in [1.807, 2.05) is 12.3 Å². The van der Waals surface area contributed by atoms with E-state index in [1.54, 1.807) is 0 Å². The van der Waals surface area contributed by atoms with Gasteiger partial charge in [0.15, 0.2) is 0 Å². The summed E-state index contributed by atoms with van der Waals surface area (Å²) in [5.74, 6) is 0.758. The van der Waals surface area contributed by atoms with Crippen LogP contribution in [0.15, 0.2) is 36.5 Å². The lowest BCUT2D eigenvalue weighted by molar-refractivity contribution is 0.0608. The van der Waals surface area contributed by atoms with Crippen molar-refractivity contribution in [3.8, 4) is 0 Å². The zero-order chi connectivity index (χ0) is 13.8. The van der Waals surface area contributed by atoms with Crippen molar-refractivity contribution < 1.29 is 4.74 Å². The summed E-state index contributed by atoms with van der Waals surface area (Å²) in [6.07, 6.45) is 5.40. The Kier molecular flexibility index (Phi) is 4.28.